The number of aliphatic carboxylic acids is 1. The highest BCUT2D eigenvalue weighted by Gasteiger charge is 2.20. The van der Waals surface area contributed by atoms with Crippen LogP contribution in [0.4, 0.5) is 0 Å². The van der Waals surface area contributed by atoms with Crippen LogP contribution in [0, 0.1) is 0 Å². The van der Waals surface area contributed by atoms with Crippen LogP contribution in [0.2, 0.25) is 0 Å². The number of rotatable bonds is 6. The molecular weight excluding hydrogens is 256 g/mol. The van der Waals surface area contributed by atoms with Crippen molar-refractivity contribution in [2.75, 3.05) is 7.05 Å². The van der Waals surface area contributed by atoms with E-state index in [1.165, 1.54) is 10.5 Å². The van der Waals surface area contributed by atoms with Gasteiger partial charge < -0.3 is 15.7 Å². The molecule has 1 aromatic rings. The normalized spacial score (nSPS) is 12.2. The zero-order chi connectivity index (χ0) is 15.3. The van der Waals surface area contributed by atoms with E-state index in [4.69, 9.17) is 10.8 Å². The van der Waals surface area contributed by atoms with E-state index in [1.54, 1.807) is 7.05 Å². The number of likely N-dealkylation sites (N-methyl/N-ethyl adjacent to an activating group) is 1. The average molecular weight is 278 g/mol. The first-order valence-electron chi connectivity index (χ1n) is 6.62. The van der Waals surface area contributed by atoms with Crippen LogP contribution in [0.3, 0.4) is 0 Å². The maximum absolute atomic E-state index is 11.9. The monoisotopic (exact) mass is 278 g/mol. The lowest BCUT2D eigenvalue weighted by Gasteiger charge is -2.20. The van der Waals surface area contributed by atoms with Gasteiger partial charge in [0, 0.05) is 13.6 Å². The molecule has 1 aromatic carbocycles. The predicted octanol–water partition coefficient (Wildman–Crippen LogP) is 1.57. The topological polar surface area (TPSA) is 83.6 Å². The summed E-state index contributed by atoms with van der Waals surface area (Å²) in [5.74, 6) is -0.965. The molecule has 0 aliphatic carbocycles. The Morgan fingerprint density at radius 2 is 1.80 bits per heavy atom. The van der Waals surface area contributed by atoms with Crippen LogP contribution in [0.5, 0.6) is 0 Å². The molecule has 0 aliphatic rings. The quantitative estimate of drug-likeness (QED) is 0.827. The molecule has 0 fully saturated rings. The maximum atomic E-state index is 11.9. The van der Waals surface area contributed by atoms with Gasteiger partial charge in [-0.3, -0.25) is 9.59 Å². The molecule has 1 unspecified atom stereocenters. The van der Waals surface area contributed by atoms with Gasteiger partial charge in [-0.2, -0.15) is 0 Å². The van der Waals surface area contributed by atoms with E-state index < -0.39 is 12.0 Å². The molecule has 0 bridgehead atoms. The van der Waals surface area contributed by atoms with Crippen LogP contribution in [0.1, 0.15) is 37.3 Å². The SMILES string of the molecule is CC(C)c1ccc(CN(C)C(=O)C(N)CC(=O)O)cc1. The molecule has 1 amide bonds. The second-order valence-corrected chi connectivity index (χ2v) is 5.29. The van der Waals surface area contributed by atoms with Gasteiger partial charge in [0.25, 0.3) is 0 Å². The third kappa shape index (κ3) is 4.66. The highest BCUT2D eigenvalue weighted by molar-refractivity contribution is 5.85. The first-order chi connectivity index (χ1) is 9.31. The van der Waals surface area contributed by atoms with Gasteiger partial charge in [-0.15, -0.1) is 0 Å². The molecule has 3 N–H and O–H groups in total. The minimum absolute atomic E-state index is 0.352. The summed E-state index contributed by atoms with van der Waals surface area (Å²) in [7, 11) is 1.63. The second-order valence-electron chi connectivity index (χ2n) is 5.29. The van der Waals surface area contributed by atoms with E-state index in [0.717, 1.165) is 5.56 Å². The van der Waals surface area contributed by atoms with Crippen molar-refractivity contribution in [3.8, 4) is 0 Å². The third-order valence-corrected chi connectivity index (χ3v) is 3.15. The van der Waals surface area contributed by atoms with Crippen LogP contribution in [-0.2, 0) is 16.1 Å². The van der Waals surface area contributed by atoms with Crippen LogP contribution in [0.25, 0.3) is 0 Å². The van der Waals surface area contributed by atoms with Crippen LogP contribution in [-0.4, -0.2) is 35.0 Å². The highest BCUT2D eigenvalue weighted by Crippen LogP contribution is 2.15. The molecule has 0 aromatic heterocycles. The standard InChI is InChI=1S/C15H22N2O3/c1-10(2)12-6-4-11(5-7-12)9-17(3)15(20)13(16)8-14(18)19/h4-7,10,13H,8-9,16H2,1-3H3,(H,18,19). The molecule has 0 saturated carbocycles. The number of carbonyl (C=O) groups excluding carboxylic acids is 1. The van der Waals surface area contributed by atoms with E-state index in [0.29, 0.717) is 12.5 Å². The maximum Gasteiger partial charge on any atom is 0.305 e. The predicted molar refractivity (Wildman–Crippen MR) is 77.2 cm³/mol. The molecule has 0 spiro atoms. The van der Waals surface area contributed by atoms with Gasteiger partial charge in [-0.25, -0.2) is 0 Å². The summed E-state index contributed by atoms with van der Waals surface area (Å²) in [5.41, 5.74) is 7.80. The van der Waals surface area contributed by atoms with E-state index >= 15 is 0 Å². The van der Waals surface area contributed by atoms with Crippen LogP contribution < -0.4 is 5.73 Å². The Balaban J connectivity index is 2.63. The highest BCUT2D eigenvalue weighted by atomic mass is 16.4. The Morgan fingerprint density at radius 3 is 2.25 bits per heavy atom. The molecule has 0 saturated heterocycles. The molecular formula is C15H22N2O3. The van der Waals surface area contributed by atoms with Gasteiger partial charge in [-0.05, 0) is 17.0 Å². The fraction of sp³-hybridized carbons (Fsp3) is 0.467. The Morgan fingerprint density at radius 1 is 1.25 bits per heavy atom. The summed E-state index contributed by atoms with van der Waals surface area (Å²) >= 11 is 0. The number of carboxylic acid groups (broad SMARTS) is 1. The zero-order valence-corrected chi connectivity index (χ0v) is 12.2. The number of benzene rings is 1. The van der Waals surface area contributed by atoms with Gasteiger partial charge >= 0.3 is 5.97 Å². The Labute approximate surface area is 119 Å². The number of carboxylic acids is 1. The number of hydrogen-bond donors (Lipinski definition) is 2. The minimum atomic E-state index is -1.07. The average Bonchev–Trinajstić information content (AvgIpc) is 2.37. The van der Waals surface area contributed by atoms with Gasteiger partial charge in [-0.1, -0.05) is 38.1 Å². The van der Waals surface area contributed by atoms with Gasteiger partial charge in [0.1, 0.15) is 0 Å². The lowest BCUT2D eigenvalue weighted by atomic mass is 10.0. The van der Waals surface area contributed by atoms with Crippen molar-refractivity contribution in [2.45, 2.75) is 38.8 Å². The summed E-state index contributed by atoms with van der Waals surface area (Å²) in [6, 6.07) is 7.03. The van der Waals surface area contributed by atoms with Crippen LogP contribution >= 0.6 is 0 Å². The summed E-state index contributed by atoms with van der Waals surface area (Å²) in [6.07, 6.45) is -0.352. The fourth-order valence-electron chi connectivity index (χ4n) is 1.92. The van der Waals surface area contributed by atoms with Crippen molar-refractivity contribution in [1.29, 1.82) is 0 Å². The molecule has 0 aliphatic heterocycles. The summed E-state index contributed by atoms with van der Waals surface area (Å²) in [4.78, 5) is 23.9. The number of nitrogens with zero attached hydrogens (tertiary/aromatic N) is 1. The zero-order valence-electron chi connectivity index (χ0n) is 12.2. The molecule has 5 heteroatoms. The Kier molecular flexibility index (Phi) is 5.70. The summed E-state index contributed by atoms with van der Waals surface area (Å²) in [6.45, 7) is 4.66. The van der Waals surface area contributed by atoms with E-state index in [2.05, 4.69) is 13.8 Å². The lowest BCUT2D eigenvalue weighted by molar-refractivity contribution is -0.141. The number of amides is 1. The van der Waals surface area contributed by atoms with E-state index in [-0.39, 0.29) is 12.3 Å². The first-order valence-corrected chi connectivity index (χ1v) is 6.62. The molecule has 0 radical (unpaired) electrons. The van der Waals surface area contributed by atoms with Crippen molar-refractivity contribution in [3.05, 3.63) is 35.4 Å². The van der Waals surface area contributed by atoms with Gasteiger partial charge in [0.05, 0.1) is 12.5 Å². The number of hydrogen-bond acceptors (Lipinski definition) is 3. The molecule has 5 nitrogen and oxygen atoms in total. The van der Waals surface area contributed by atoms with Crippen molar-refractivity contribution in [2.24, 2.45) is 5.73 Å². The van der Waals surface area contributed by atoms with Gasteiger partial charge in [0.15, 0.2) is 0 Å². The first kappa shape index (κ1) is 16.2. The third-order valence-electron chi connectivity index (χ3n) is 3.15. The fourth-order valence-corrected chi connectivity index (χ4v) is 1.92. The van der Waals surface area contributed by atoms with E-state index in [1.807, 2.05) is 24.3 Å². The van der Waals surface area contributed by atoms with Crippen LogP contribution in [0.15, 0.2) is 24.3 Å². The largest absolute Gasteiger partial charge is 0.481 e. The molecule has 110 valence electrons. The van der Waals surface area contributed by atoms with Crippen molar-refractivity contribution in [3.63, 3.8) is 0 Å². The Bertz CT molecular complexity index is 469. The smallest absolute Gasteiger partial charge is 0.305 e. The molecule has 1 atom stereocenters. The Hall–Kier alpha value is -1.88. The van der Waals surface area contributed by atoms with Crippen molar-refractivity contribution < 1.29 is 14.7 Å². The molecule has 20 heavy (non-hydrogen) atoms. The molecule has 0 heterocycles. The van der Waals surface area contributed by atoms with Crippen molar-refractivity contribution >= 4 is 11.9 Å². The van der Waals surface area contributed by atoms with E-state index in [9.17, 15) is 9.59 Å². The number of carbonyl (C=O) groups is 2. The lowest BCUT2D eigenvalue weighted by Crippen LogP contribution is -2.42. The number of nitrogens with two attached hydrogens (primary N) is 1. The van der Waals surface area contributed by atoms with Crippen molar-refractivity contribution in [1.82, 2.24) is 4.90 Å². The van der Waals surface area contributed by atoms with Gasteiger partial charge in [0.2, 0.25) is 5.91 Å². The molecule has 1 rings (SSSR count). The minimum Gasteiger partial charge on any atom is -0.481 e. The summed E-state index contributed by atoms with van der Waals surface area (Å²) in [5, 5.41) is 8.64. The summed E-state index contributed by atoms with van der Waals surface area (Å²) < 4.78 is 0. The second kappa shape index (κ2) is 7.05.